The van der Waals surface area contributed by atoms with Crippen molar-refractivity contribution in [3.05, 3.63) is 29.8 Å². The summed E-state index contributed by atoms with van der Waals surface area (Å²) >= 11 is 0. The number of benzene rings is 1. The summed E-state index contributed by atoms with van der Waals surface area (Å²) in [6.07, 6.45) is 0. The van der Waals surface area contributed by atoms with E-state index in [1.807, 2.05) is 18.2 Å². The van der Waals surface area contributed by atoms with Gasteiger partial charge in [0.05, 0.1) is 13.7 Å². The van der Waals surface area contributed by atoms with Crippen molar-refractivity contribution in [1.82, 2.24) is 0 Å². The van der Waals surface area contributed by atoms with Gasteiger partial charge in [-0.15, -0.1) is 0 Å². The van der Waals surface area contributed by atoms with Crippen molar-refractivity contribution in [2.75, 3.05) is 7.11 Å². The minimum Gasteiger partial charge on any atom is -0.497 e. The van der Waals surface area contributed by atoms with E-state index in [9.17, 15) is 0 Å². The lowest BCUT2D eigenvalue weighted by atomic mass is 10.2. The van der Waals surface area contributed by atoms with Gasteiger partial charge in [0.1, 0.15) is 5.75 Å². The normalized spacial score (nSPS) is 10.5. The monoisotopic (exact) mass is 196 g/mol. The highest BCUT2D eigenvalue weighted by molar-refractivity contribution is 6.48. The van der Waals surface area contributed by atoms with Crippen LogP contribution in [0.3, 0.4) is 0 Å². The van der Waals surface area contributed by atoms with E-state index in [0.717, 1.165) is 5.75 Å². The third-order valence-corrected chi connectivity index (χ3v) is 2.55. The second-order valence-corrected chi connectivity index (χ2v) is 5.64. The Morgan fingerprint density at radius 2 is 2.08 bits per heavy atom. The van der Waals surface area contributed by atoms with E-state index in [1.165, 1.54) is 5.56 Å². The summed E-state index contributed by atoms with van der Waals surface area (Å²) in [5.41, 5.74) is 1.18. The molecule has 0 saturated carbocycles. The third kappa shape index (κ3) is 3.61. The maximum Gasteiger partial charge on any atom is 0.171 e. The second kappa shape index (κ2) is 5.04. The number of methoxy groups -OCH3 is 1. The van der Waals surface area contributed by atoms with Crippen LogP contribution in [0.5, 0.6) is 5.75 Å². The van der Waals surface area contributed by atoms with E-state index in [4.69, 9.17) is 9.16 Å². The Hall–Kier alpha value is -0.803. The summed E-state index contributed by atoms with van der Waals surface area (Å²) in [5, 5.41) is 0. The fourth-order valence-corrected chi connectivity index (χ4v) is 1.55. The van der Waals surface area contributed by atoms with Gasteiger partial charge in [0.15, 0.2) is 9.04 Å². The number of hydrogen-bond donors (Lipinski definition) is 0. The molecule has 0 aliphatic heterocycles. The van der Waals surface area contributed by atoms with Crippen LogP contribution in [0.15, 0.2) is 24.3 Å². The molecule has 13 heavy (non-hydrogen) atoms. The Kier molecular flexibility index (Phi) is 3.99. The molecule has 72 valence electrons. The summed E-state index contributed by atoms with van der Waals surface area (Å²) in [5.74, 6) is 0.895. The van der Waals surface area contributed by atoms with Crippen molar-refractivity contribution >= 4 is 9.04 Å². The van der Waals surface area contributed by atoms with Crippen LogP contribution in [0.25, 0.3) is 0 Å². The lowest BCUT2D eigenvalue weighted by molar-refractivity contribution is 0.313. The molecule has 3 heteroatoms. The van der Waals surface area contributed by atoms with Crippen molar-refractivity contribution in [2.45, 2.75) is 19.7 Å². The second-order valence-electron chi connectivity index (χ2n) is 3.21. The summed E-state index contributed by atoms with van der Waals surface area (Å²) in [6.45, 7) is 5.04. The van der Waals surface area contributed by atoms with Crippen LogP contribution in [0.1, 0.15) is 5.56 Å². The van der Waals surface area contributed by atoms with E-state index in [-0.39, 0.29) is 0 Å². The summed E-state index contributed by atoms with van der Waals surface area (Å²) < 4.78 is 10.7. The van der Waals surface area contributed by atoms with E-state index < -0.39 is 9.04 Å². The average molecular weight is 196 g/mol. The van der Waals surface area contributed by atoms with Gasteiger partial charge in [-0.3, -0.25) is 0 Å². The summed E-state index contributed by atoms with van der Waals surface area (Å²) in [7, 11) is 0.772. The first kappa shape index (κ1) is 10.3. The van der Waals surface area contributed by atoms with Crippen LogP contribution in [-0.4, -0.2) is 16.2 Å². The van der Waals surface area contributed by atoms with Gasteiger partial charge in [0.2, 0.25) is 0 Å². The molecular weight excluding hydrogens is 180 g/mol. The molecule has 1 aromatic rings. The zero-order valence-corrected chi connectivity index (χ0v) is 9.57. The van der Waals surface area contributed by atoms with Crippen LogP contribution in [-0.2, 0) is 11.0 Å². The molecular formula is C10H16O2Si. The number of ether oxygens (including phenoxy) is 1. The van der Waals surface area contributed by atoms with Crippen LogP contribution >= 0.6 is 0 Å². The van der Waals surface area contributed by atoms with E-state index >= 15 is 0 Å². The first-order valence-corrected chi connectivity index (χ1v) is 7.25. The Labute approximate surface area is 81.2 Å². The fraction of sp³-hybridized carbons (Fsp3) is 0.400. The molecule has 0 aliphatic carbocycles. The van der Waals surface area contributed by atoms with Gasteiger partial charge >= 0.3 is 0 Å². The minimum atomic E-state index is -0.906. The van der Waals surface area contributed by atoms with Crippen molar-refractivity contribution in [1.29, 1.82) is 0 Å². The van der Waals surface area contributed by atoms with Gasteiger partial charge < -0.3 is 9.16 Å². The Morgan fingerprint density at radius 3 is 2.69 bits per heavy atom. The lowest BCUT2D eigenvalue weighted by Crippen LogP contribution is -2.07. The van der Waals surface area contributed by atoms with Gasteiger partial charge in [-0.05, 0) is 30.8 Å². The quantitative estimate of drug-likeness (QED) is 0.687. The minimum absolute atomic E-state index is 0.709. The zero-order valence-electron chi connectivity index (χ0n) is 8.41. The molecule has 0 fully saturated rings. The molecule has 0 aliphatic rings. The standard InChI is InChI=1S/C10H16O2Si/c1-11-10-6-4-5-9(7-10)8-12-13(2)3/h4-7,13H,8H2,1-3H3. The van der Waals surface area contributed by atoms with Crippen molar-refractivity contribution in [3.63, 3.8) is 0 Å². The molecule has 1 rings (SSSR count). The molecule has 0 unspecified atom stereocenters. The molecule has 0 N–H and O–H groups in total. The van der Waals surface area contributed by atoms with Gasteiger partial charge in [-0.1, -0.05) is 12.1 Å². The molecule has 0 heterocycles. The van der Waals surface area contributed by atoms with Gasteiger partial charge in [-0.2, -0.15) is 0 Å². The van der Waals surface area contributed by atoms with Crippen molar-refractivity contribution < 1.29 is 9.16 Å². The fourth-order valence-electron chi connectivity index (χ4n) is 1.03. The summed E-state index contributed by atoms with van der Waals surface area (Å²) in [4.78, 5) is 0. The molecule has 0 amide bonds. The first-order valence-electron chi connectivity index (χ1n) is 4.47. The maximum absolute atomic E-state index is 5.61. The van der Waals surface area contributed by atoms with Crippen LogP contribution < -0.4 is 4.74 Å². The highest BCUT2D eigenvalue weighted by Gasteiger charge is 1.98. The first-order chi connectivity index (χ1) is 6.22. The average Bonchev–Trinajstić information content (AvgIpc) is 2.15. The predicted octanol–water partition coefficient (Wildman–Crippen LogP) is 2.20. The topological polar surface area (TPSA) is 18.5 Å². The molecule has 0 aromatic heterocycles. The van der Waals surface area contributed by atoms with Gasteiger partial charge in [-0.25, -0.2) is 0 Å². The van der Waals surface area contributed by atoms with Crippen LogP contribution in [0, 0.1) is 0 Å². The van der Waals surface area contributed by atoms with E-state index in [0.29, 0.717) is 6.61 Å². The molecule has 0 atom stereocenters. The predicted molar refractivity (Wildman–Crippen MR) is 56.7 cm³/mol. The smallest absolute Gasteiger partial charge is 0.171 e. The highest BCUT2D eigenvalue weighted by Crippen LogP contribution is 2.13. The van der Waals surface area contributed by atoms with Gasteiger partial charge in [0, 0.05) is 0 Å². The lowest BCUT2D eigenvalue weighted by Gasteiger charge is -2.07. The molecule has 2 nitrogen and oxygen atoms in total. The Bertz CT molecular complexity index is 261. The summed E-state index contributed by atoms with van der Waals surface area (Å²) in [6, 6.07) is 7.99. The number of hydrogen-bond acceptors (Lipinski definition) is 2. The Balaban J connectivity index is 2.56. The molecule has 0 spiro atoms. The Morgan fingerprint density at radius 1 is 1.31 bits per heavy atom. The SMILES string of the molecule is COc1cccc(CO[SiH](C)C)c1. The van der Waals surface area contributed by atoms with Gasteiger partial charge in [0.25, 0.3) is 0 Å². The molecule has 0 radical (unpaired) electrons. The highest BCUT2D eigenvalue weighted by atomic mass is 28.3. The molecule has 1 aromatic carbocycles. The van der Waals surface area contributed by atoms with Crippen LogP contribution in [0.2, 0.25) is 13.1 Å². The van der Waals surface area contributed by atoms with Crippen molar-refractivity contribution in [3.8, 4) is 5.75 Å². The van der Waals surface area contributed by atoms with E-state index in [1.54, 1.807) is 7.11 Å². The molecule has 0 bridgehead atoms. The largest absolute Gasteiger partial charge is 0.497 e. The molecule has 0 saturated heterocycles. The number of rotatable bonds is 4. The third-order valence-electron chi connectivity index (χ3n) is 1.72. The maximum atomic E-state index is 5.61. The zero-order chi connectivity index (χ0) is 9.68. The van der Waals surface area contributed by atoms with Crippen LogP contribution in [0.4, 0.5) is 0 Å². The van der Waals surface area contributed by atoms with Crippen molar-refractivity contribution in [2.24, 2.45) is 0 Å². The van der Waals surface area contributed by atoms with E-state index in [2.05, 4.69) is 19.2 Å².